The number of anilines is 1. The van der Waals surface area contributed by atoms with Crippen LogP contribution in [-0.4, -0.2) is 35.1 Å². The topological polar surface area (TPSA) is 78.8 Å². The fourth-order valence-electron chi connectivity index (χ4n) is 5.14. The van der Waals surface area contributed by atoms with Gasteiger partial charge in [0.2, 0.25) is 0 Å². The number of benzene rings is 2. The van der Waals surface area contributed by atoms with Crippen molar-refractivity contribution < 1.29 is 0 Å². The number of fused-ring (bicyclic) bond motifs is 3. The molecular formula is C28H35N5. The van der Waals surface area contributed by atoms with Crippen LogP contribution in [0.1, 0.15) is 43.0 Å². The second-order valence-corrected chi connectivity index (χ2v) is 9.37. The molecule has 2 atom stereocenters. The molecule has 1 aliphatic carbocycles. The second-order valence-electron chi connectivity index (χ2n) is 9.37. The average Bonchev–Trinajstić information content (AvgIpc) is 3.25. The lowest BCUT2D eigenvalue weighted by molar-refractivity contribution is 0.536. The van der Waals surface area contributed by atoms with Gasteiger partial charge in [0.05, 0.1) is 5.52 Å². The first-order valence-corrected chi connectivity index (χ1v) is 12.4. The zero-order valence-corrected chi connectivity index (χ0v) is 19.5. The molecule has 0 amide bonds. The van der Waals surface area contributed by atoms with Crippen molar-refractivity contribution in [3.05, 3.63) is 71.5 Å². The van der Waals surface area contributed by atoms with Crippen LogP contribution >= 0.6 is 0 Å². The first-order valence-electron chi connectivity index (χ1n) is 12.4. The Kier molecular flexibility index (Phi) is 6.60. The number of rotatable bonds is 9. The molecule has 0 saturated heterocycles. The van der Waals surface area contributed by atoms with Crippen molar-refractivity contribution in [3.8, 4) is 0 Å². The van der Waals surface area contributed by atoms with Crippen LogP contribution < -0.4 is 16.4 Å². The number of para-hydroxylation sites is 2. The molecule has 0 fully saturated rings. The molecule has 0 saturated carbocycles. The molecule has 5 rings (SSSR count). The Labute approximate surface area is 196 Å². The molecular weight excluding hydrogens is 406 g/mol. The highest BCUT2D eigenvalue weighted by molar-refractivity contribution is 5.93. The van der Waals surface area contributed by atoms with Gasteiger partial charge in [-0.15, -0.1) is 0 Å². The maximum atomic E-state index is 6.50. The minimum absolute atomic E-state index is 0.0798. The Bertz CT molecular complexity index is 1230. The van der Waals surface area contributed by atoms with E-state index >= 15 is 0 Å². The third-order valence-electron chi connectivity index (χ3n) is 6.96. The normalized spacial score (nSPS) is 15.5. The Morgan fingerprint density at radius 2 is 1.79 bits per heavy atom. The monoisotopic (exact) mass is 441 g/mol. The lowest BCUT2D eigenvalue weighted by Crippen LogP contribution is -2.40. The molecule has 4 aromatic rings. The van der Waals surface area contributed by atoms with Crippen molar-refractivity contribution in [3.63, 3.8) is 0 Å². The summed E-state index contributed by atoms with van der Waals surface area (Å²) in [5, 5.41) is 10.0. The summed E-state index contributed by atoms with van der Waals surface area (Å²) in [6.07, 6.45) is 8.71. The number of nitrogens with one attached hydrogen (secondary N) is 3. The summed E-state index contributed by atoms with van der Waals surface area (Å²) in [4.78, 5) is 8.33. The molecule has 0 aliphatic heterocycles. The fourth-order valence-corrected chi connectivity index (χ4v) is 5.14. The van der Waals surface area contributed by atoms with Crippen molar-refractivity contribution in [2.24, 2.45) is 5.73 Å². The molecule has 1 aliphatic rings. The Hall–Kier alpha value is -2.89. The molecule has 2 unspecified atom stereocenters. The van der Waals surface area contributed by atoms with Crippen molar-refractivity contribution in [2.45, 2.75) is 57.5 Å². The van der Waals surface area contributed by atoms with Gasteiger partial charge in [-0.3, -0.25) is 4.98 Å². The van der Waals surface area contributed by atoms with E-state index in [1.807, 2.05) is 0 Å². The van der Waals surface area contributed by atoms with Crippen LogP contribution in [0.3, 0.4) is 0 Å². The number of nitrogens with zero attached hydrogens (tertiary/aromatic N) is 1. The summed E-state index contributed by atoms with van der Waals surface area (Å²) >= 11 is 0. The predicted octanol–water partition coefficient (Wildman–Crippen LogP) is 4.95. The van der Waals surface area contributed by atoms with Crippen LogP contribution in [-0.2, 0) is 19.3 Å². The minimum atomic E-state index is 0.0798. The average molecular weight is 442 g/mol. The molecule has 172 valence electrons. The van der Waals surface area contributed by atoms with E-state index in [0.717, 1.165) is 44.3 Å². The van der Waals surface area contributed by atoms with Crippen LogP contribution in [0.15, 0.2) is 54.7 Å². The SMILES string of the molecule is CCC(CNCC(N)Cc1c[nH]c2ccccc12)Nc1c2c(nc3ccccc13)CCCC2. The summed E-state index contributed by atoms with van der Waals surface area (Å²) in [5.74, 6) is 0. The van der Waals surface area contributed by atoms with Gasteiger partial charge >= 0.3 is 0 Å². The van der Waals surface area contributed by atoms with Crippen molar-refractivity contribution in [1.29, 1.82) is 0 Å². The first kappa shape index (κ1) is 21.9. The third-order valence-corrected chi connectivity index (χ3v) is 6.96. The summed E-state index contributed by atoms with van der Waals surface area (Å²) in [7, 11) is 0. The Balaban J connectivity index is 1.24. The predicted molar refractivity (Wildman–Crippen MR) is 139 cm³/mol. The third kappa shape index (κ3) is 4.75. The Morgan fingerprint density at radius 3 is 2.67 bits per heavy atom. The molecule has 33 heavy (non-hydrogen) atoms. The standard InChI is InChI=1S/C28H35N5/c1-2-21(18-30-17-20(29)15-19-16-31-25-12-6-3-9-22(19)25)32-28-23-10-4-7-13-26(23)33-27-14-8-5-11-24(27)28/h3-4,6-7,9-10,12-13,16,20-21,30-31H,2,5,8,11,14-15,17-18,29H2,1H3,(H,32,33). The van der Waals surface area contributed by atoms with Crippen LogP contribution in [0.4, 0.5) is 5.69 Å². The molecule has 0 radical (unpaired) electrons. The zero-order chi connectivity index (χ0) is 22.6. The van der Waals surface area contributed by atoms with Gasteiger partial charge in [-0.25, -0.2) is 0 Å². The smallest absolute Gasteiger partial charge is 0.0726 e. The number of hydrogen-bond acceptors (Lipinski definition) is 4. The van der Waals surface area contributed by atoms with Crippen molar-refractivity contribution in [2.75, 3.05) is 18.4 Å². The lowest BCUT2D eigenvalue weighted by atomic mass is 9.92. The van der Waals surface area contributed by atoms with Gasteiger partial charge < -0.3 is 21.4 Å². The first-order chi connectivity index (χ1) is 16.2. The zero-order valence-electron chi connectivity index (χ0n) is 19.5. The van der Waals surface area contributed by atoms with E-state index in [-0.39, 0.29) is 6.04 Å². The van der Waals surface area contributed by atoms with E-state index in [1.165, 1.54) is 51.6 Å². The molecule has 2 aromatic carbocycles. The van der Waals surface area contributed by atoms with Gasteiger partial charge in [-0.1, -0.05) is 43.3 Å². The highest BCUT2D eigenvalue weighted by Gasteiger charge is 2.20. The molecule has 5 heteroatoms. The summed E-state index contributed by atoms with van der Waals surface area (Å²) < 4.78 is 0. The van der Waals surface area contributed by atoms with Crippen LogP contribution in [0.2, 0.25) is 0 Å². The van der Waals surface area contributed by atoms with E-state index in [1.54, 1.807) is 0 Å². The molecule has 0 bridgehead atoms. The summed E-state index contributed by atoms with van der Waals surface area (Å²) in [6, 6.07) is 17.4. The number of aromatic nitrogens is 2. The van der Waals surface area contributed by atoms with Gasteiger partial charge in [0.1, 0.15) is 0 Å². The van der Waals surface area contributed by atoms with E-state index < -0.39 is 0 Å². The highest BCUT2D eigenvalue weighted by Crippen LogP contribution is 2.33. The van der Waals surface area contributed by atoms with Crippen LogP contribution in [0.5, 0.6) is 0 Å². The van der Waals surface area contributed by atoms with Crippen molar-refractivity contribution >= 4 is 27.5 Å². The minimum Gasteiger partial charge on any atom is -0.380 e. The number of hydrogen-bond donors (Lipinski definition) is 4. The van der Waals surface area contributed by atoms with E-state index in [2.05, 4.69) is 77.3 Å². The number of nitrogens with two attached hydrogens (primary N) is 1. The maximum absolute atomic E-state index is 6.50. The second kappa shape index (κ2) is 9.94. The van der Waals surface area contributed by atoms with Gasteiger partial charge in [-0.05, 0) is 61.8 Å². The van der Waals surface area contributed by atoms with Gasteiger partial charge in [0.25, 0.3) is 0 Å². The number of aromatic amines is 1. The van der Waals surface area contributed by atoms with Gasteiger partial charge in [-0.2, -0.15) is 0 Å². The quantitative estimate of drug-likeness (QED) is 0.296. The van der Waals surface area contributed by atoms with Crippen molar-refractivity contribution in [1.82, 2.24) is 15.3 Å². The molecule has 2 aromatic heterocycles. The number of H-pyrrole nitrogens is 1. The van der Waals surface area contributed by atoms with E-state index in [9.17, 15) is 0 Å². The maximum Gasteiger partial charge on any atom is 0.0726 e. The van der Waals surface area contributed by atoms with Crippen LogP contribution in [0.25, 0.3) is 21.8 Å². The molecule has 5 N–H and O–H groups in total. The van der Waals surface area contributed by atoms with E-state index in [4.69, 9.17) is 10.7 Å². The van der Waals surface area contributed by atoms with Gasteiger partial charge in [0.15, 0.2) is 0 Å². The number of pyridine rings is 1. The molecule has 0 spiro atoms. The molecule has 2 heterocycles. The highest BCUT2D eigenvalue weighted by atomic mass is 15.0. The summed E-state index contributed by atoms with van der Waals surface area (Å²) in [6.45, 7) is 3.94. The summed E-state index contributed by atoms with van der Waals surface area (Å²) in [5.41, 5.74) is 14.1. The van der Waals surface area contributed by atoms with Gasteiger partial charge in [0, 0.05) is 59.0 Å². The lowest BCUT2D eigenvalue weighted by Gasteiger charge is -2.26. The van der Waals surface area contributed by atoms with Crippen LogP contribution in [0, 0.1) is 0 Å². The number of aryl methyl sites for hydroxylation is 1. The fraction of sp³-hybridized carbons (Fsp3) is 0.393. The molecule has 5 nitrogen and oxygen atoms in total. The van der Waals surface area contributed by atoms with E-state index in [0.29, 0.717) is 6.04 Å². The largest absolute Gasteiger partial charge is 0.380 e. The Morgan fingerprint density at radius 1 is 1.00 bits per heavy atom.